The molecule has 1 unspecified atom stereocenters. The number of para-hydroxylation sites is 1. The summed E-state index contributed by atoms with van der Waals surface area (Å²) in [5, 5.41) is 2.83. The lowest BCUT2D eigenvalue weighted by molar-refractivity contribution is -0.125. The lowest BCUT2D eigenvalue weighted by Gasteiger charge is -2.33. The van der Waals surface area contributed by atoms with Crippen molar-refractivity contribution in [1.29, 1.82) is 0 Å². The molecule has 176 valence electrons. The van der Waals surface area contributed by atoms with Crippen molar-refractivity contribution < 1.29 is 23.8 Å². The number of hydrogen-bond acceptors (Lipinski definition) is 5. The largest absolute Gasteiger partial charge is 0.492 e. The Labute approximate surface area is 199 Å². The SMILES string of the molecule is Cc1cccc(OCC(=O)Nc2ccc3c(c2)OC(C)C(=O)N3CCOc2ccccc2)c1C. The quantitative estimate of drug-likeness (QED) is 0.535. The Morgan fingerprint density at radius 2 is 1.82 bits per heavy atom. The number of nitrogens with one attached hydrogen (secondary N) is 1. The molecule has 4 rings (SSSR count). The van der Waals surface area contributed by atoms with Gasteiger partial charge in [-0.25, -0.2) is 0 Å². The Morgan fingerprint density at radius 1 is 1.03 bits per heavy atom. The third-order valence-corrected chi connectivity index (χ3v) is 5.69. The minimum Gasteiger partial charge on any atom is -0.492 e. The van der Waals surface area contributed by atoms with Crippen molar-refractivity contribution in [2.75, 3.05) is 30.0 Å². The molecule has 1 heterocycles. The Hall–Kier alpha value is -4.00. The molecule has 0 spiro atoms. The summed E-state index contributed by atoms with van der Waals surface area (Å²) in [6.07, 6.45) is -0.636. The van der Waals surface area contributed by atoms with Crippen molar-refractivity contribution in [3.05, 3.63) is 77.9 Å². The summed E-state index contributed by atoms with van der Waals surface area (Å²) in [4.78, 5) is 26.8. The minimum atomic E-state index is -0.636. The van der Waals surface area contributed by atoms with Gasteiger partial charge in [-0.1, -0.05) is 30.3 Å². The number of ether oxygens (including phenoxy) is 3. The third-order valence-electron chi connectivity index (χ3n) is 5.69. The van der Waals surface area contributed by atoms with Crippen molar-refractivity contribution >= 4 is 23.2 Å². The van der Waals surface area contributed by atoms with Gasteiger partial charge in [0.05, 0.1) is 12.2 Å². The van der Waals surface area contributed by atoms with Crippen LogP contribution in [0.5, 0.6) is 17.2 Å². The second kappa shape index (κ2) is 10.3. The first-order valence-corrected chi connectivity index (χ1v) is 11.2. The van der Waals surface area contributed by atoms with E-state index in [1.807, 2.05) is 62.4 Å². The van der Waals surface area contributed by atoms with Crippen LogP contribution in [0, 0.1) is 13.8 Å². The highest BCUT2D eigenvalue weighted by Gasteiger charge is 2.31. The number of hydrogen-bond donors (Lipinski definition) is 1. The number of aryl methyl sites for hydroxylation is 1. The smallest absolute Gasteiger partial charge is 0.267 e. The van der Waals surface area contributed by atoms with Gasteiger partial charge in [-0.05, 0) is 62.2 Å². The monoisotopic (exact) mass is 460 g/mol. The summed E-state index contributed by atoms with van der Waals surface area (Å²) < 4.78 is 17.2. The number of rotatable bonds is 8. The number of nitrogens with zero attached hydrogens (tertiary/aromatic N) is 1. The van der Waals surface area contributed by atoms with Gasteiger partial charge in [0, 0.05) is 11.8 Å². The highest BCUT2D eigenvalue weighted by Crippen LogP contribution is 2.36. The molecule has 1 atom stereocenters. The highest BCUT2D eigenvalue weighted by molar-refractivity contribution is 6.00. The Balaban J connectivity index is 1.39. The molecule has 1 aliphatic rings. The number of carbonyl (C=O) groups is 2. The maximum absolute atomic E-state index is 12.7. The van der Waals surface area contributed by atoms with E-state index < -0.39 is 6.10 Å². The maximum atomic E-state index is 12.7. The first-order valence-electron chi connectivity index (χ1n) is 11.2. The zero-order chi connectivity index (χ0) is 24.1. The Kier molecular flexibility index (Phi) is 7.01. The molecule has 0 saturated carbocycles. The van der Waals surface area contributed by atoms with Crippen LogP contribution in [0.15, 0.2) is 66.7 Å². The molecular formula is C27H28N2O5. The molecule has 7 nitrogen and oxygen atoms in total. The number of benzene rings is 3. The highest BCUT2D eigenvalue weighted by atomic mass is 16.5. The van der Waals surface area contributed by atoms with Crippen LogP contribution in [0.1, 0.15) is 18.1 Å². The van der Waals surface area contributed by atoms with Gasteiger partial charge in [0.1, 0.15) is 23.9 Å². The zero-order valence-corrected chi connectivity index (χ0v) is 19.5. The van der Waals surface area contributed by atoms with Gasteiger partial charge < -0.3 is 24.4 Å². The van der Waals surface area contributed by atoms with E-state index in [0.717, 1.165) is 16.9 Å². The lowest BCUT2D eigenvalue weighted by atomic mass is 10.1. The predicted octanol–water partition coefficient (Wildman–Crippen LogP) is 4.51. The average Bonchev–Trinajstić information content (AvgIpc) is 2.83. The molecule has 0 saturated heterocycles. The molecular weight excluding hydrogens is 432 g/mol. The van der Waals surface area contributed by atoms with Crippen LogP contribution < -0.4 is 24.4 Å². The van der Waals surface area contributed by atoms with Gasteiger partial charge in [-0.2, -0.15) is 0 Å². The van der Waals surface area contributed by atoms with E-state index in [0.29, 0.717) is 36.0 Å². The molecule has 2 amide bonds. The van der Waals surface area contributed by atoms with Gasteiger partial charge in [0.2, 0.25) is 0 Å². The van der Waals surface area contributed by atoms with Crippen LogP contribution in [0.2, 0.25) is 0 Å². The molecule has 1 N–H and O–H groups in total. The molecule has 0 aromatic heterocycles. The van der Waals surface area contributed by atoms with Gasteiger partial charge >= 0.3 is 0 Å². The fourth-order valence-corrected chi connectivity index (χ4v) is 3.71. The average molecular weight is 461 g/mol. The van der Waals surface area contributed by atoms with Gasteiger partial charge in [-0.3, -0.25) is 9.59 Å². The fraction of sp³-hybridized carbons (Fsp3) is 0.259. The summed E-state index contributed by atoms with van der Waals surface area (Å²) in [5.74, 6) is 1.54. The third kappa shape index (κ3) is 5.31. The van der Waals surface area contributed by atoms with Crippen LogP contribution in [0.25, 0.3) is 0 Å². The van der Waals surface area contributed by atoms with Gasteiger partial charge in [0.15, 0.2) is 12.7 Å². The predicted molar refractivity (Wildman–Crippen MR) is 131 cm³/mol. The van der Waals surface area contributed by atoms with Crippen molar-refractivity contribution in [1.82, 2.24) is 0 Å². The van der Waals surface area contributed by atoms with Crippen molar-refractivity contribution in [3.63, 3.8) is 0 Å². The maximum Gasteiger partial charge on any atom is 0.267 e. The molecule has 0 bridgehead atoms. The van der Waals surface area contributed by atoms with E-state index in [1.54, 1.807) is 30.0 Å². The van der Waals surface area contributed by atoms with Crippen LogP contribution in [-0.2, 0) is 9.59 Å². The van der Waals surface area contributed by atoms with Crippen LogP contribution in [0.4, 0.5) is 11.4 Å². The summed E-state index contributed by atoms with van der Waals surface area (Å²) >= 11 is 0. The van der Waals surface area contributed by atoms with Crippen molar-refractivity contribution in [3.8, 4) is 17.2 Å². The summed E-state index contributed by atoms with van der Waals surface area (Å²) in [6, 6.07) is 20.4. The topological polar surface area (TPSA) is 77.1 Å². The zero-order valence-electron chi connectivity index (χ0n) is 19.5. The normalized spacial score (nSPS) is 14.7. The van der Waals surface area contributed by atoms with Crippen LogP contribution in [0.3, 0.4) is 0 Å². The minimum absolute atomic E-state index is 0.111. The van der Waals surface area contributed by atoms with Gasteiger partial charge in [-0.15, -0.1) is 0 Å². The number of fused-ring (bicyclic) bond motifs is 1. The summed E-state index contributed by atoms with van der Waals surface area (Å²) in [6.45, 7) is 6.28. The van der Waals surface area contributed by atoms with E-state index in [1.165, 1.54) is 0 Å². The Morgan fingerprint density at radius 3 is 2.62 bits per heavy atom. The number of carbonyl (C=O) groups excluding carboxylic acids is 2. The van der Waals surface area contributed by atoms with E-state index in [-0.39, 0.29) is 18.4 Å². The van der Waals surface area contributed by atoms with E-state index in [4.69, 9.17) is 14.2 Å². The standard InChI is InChI=1S/C27H28N2O5/c1-18-8-7-11-24(19(18)2)33-17-26(30)28-21-12-13-23-25(16-21)34-20(3)27(31)29(23)14-15-32-22-9-5-4-6-10-22/h4-13,16,20H,14-15,17H2,1-3H3,(H,28,30). The summed E-state index contributed by atoms with van der Waals surface area (Å²) in [7, 11) is 0. The lowest BCUT2D eigenvalue weighted by Crippen LogP contribution is -2.46. The first kappa shape index (κ1) is 23.2. The van der Waals surface area contributed by atoms with E-state index in [9.17, 15) is 9.59 Å². The first-order chi connectivity index (χ1) is 16.4. The molecule has 1 aliphatic heterocycles. The molecule has 7 heteroatoms. The molecule has 0 aliphatic carbocycles. The number of anilines is 2. The van der Waals surface area contributed by atoms with E-state index in [2.05, 4.69) is 5.32 Å². The van der Waals surface area contributed by atoms with Gasteiger partial charge in [0.25, 0.3) is 11.8 Å². The molecule has 34 heavy (non-hydrogen) atoms. The Bertz CT molecular complexity index is 1180. The van der Waals surface area contributed by atoms with Crippen molar-refractivity contribution in [2.45, 2.75) is 26.9 Å². The van der Waals surface area contributed by atoms with Crippen LogP contribution in [-0.4, -0.2) is 37.7 Å². The van der Waals surface area contributed by atoms with E-state index >= 15 is 0 Å². The van der Waals surface area contributed by atoms with Crippen LogP contribution >= 0.6 is 0 Å². The molecule has 0 fully saturated rings. The number of amides is 2. The summed E-state index contributed by atoms with van der Waals surface area (Å²) in [5.41, 5.74) is 3.32. The second-order valence-corrected chi connectivity index (χ2v) is 8.13. The fourth-order valence-electron chi connectivity index (χ4n) is 3.71. The second-order valence-electron chi connectivity index (χ2n) is 8.13. The molecule has 3 aromatic carbocycles. The molecule has 0 radical (unpaired) electrons. The molecule has 3 aromatic rings. The van der Waals surface area contributed by atoms with Crippen molar-refractivity contribution in [2.24, 2.45) is 0 Å².